The van der Waals surface area contributed by atoms with Gasteiger partial charge in [0.2, 0.25) is 5.95 Å². The average molecular weight is 737 g/mol. The molecular formula is C22H22IN5OU. The van der Waals surface area contributed by atoms with Crippen molar-refractivity contribution in [2.75, 3.05) is 11.9 Å². The first-order chi connectivity index (χ1) is 14.2. The zero-order valence-corrected chi connectivity index (χ0v) is 23.1. The number of benzene rings is 1. The van der Waals surface area contributed by atoms with Gasteiger partial charge in [-0.1, -0.05) is 45.1 Å². The molecule has 0 saturated heterocycles. The molecule has 0 saturated carbocycles. The Kier molecular flexibility index (Phi) is 9.95. The van der Waals surface area contributed by atoms with Crippen LogP contribution in [0.5, 0.6) is 0 Å². The Morgan fingerprint density at radius 3 is 2.83 bits per heavy atom. The van der Waals surface area contributed by atoms with Gasteiger partial charge in [-0.05, 0) is 43.5 Å². The molecule has 6 nitrogen and oxygen atoms in total. The van der Waals surface area contributed by atoms with Crippen molar-refractivity contribution in [3.05, 3.63) is 65.3 Å². The average Bonchev–Trinajstić information content (AvgIpc) is 3.18. The number of aromatic nitrogens is 3. The molecule has 1 aliphatic heterocycles. The van der Waals surface area contributed by atoms with Crippen LogP contribution in [-0.4, -0.2) is 31.5 Å². The van der Waals surface area contributed by atoms with E-state index in [0.717, 1.165) is 27.9 Å². The summed E-state index contributed by atoms with van der Waals surface area (Å²) in [6.07, 6.45) is 5.94. The van der Waals surface area contributed by atoms with Crippen LogP contribution >= 0.6 is 20.7 Å². The van der Waals surface area contributed by atoms with Crippen LogP contribution in [0.4, 0.5) is 10.7 Å². The third-order valence-electron chi connectivity index (χ3n) is 3.97. The zero-order chi connectivity index (χ0) is 20.6. The van der Waals surface area contributed by atoms with Gasteiger partial charge in [0.1, 0.15) is 0 Å². The summed E-state index contributed by atoms with van der Waals surface area (Å²) in [6, 6.07) is 10.6. The number of carbonyl (C=O) groups is 1. The maximum absolute atomic E-state index is 11.8. The van der Waals surface area contributed by atoms with Crippen LogP contribution in [0.2, 0.25) is 0 Å². The van der Waals surface area contributed by atoms with E-state index in [1.165, 1.54) is 5.57 Å². The first-order valence-corrected chi connectivity index (χ1v) is 11.7. The minimum absolute atomic E-state index is 0. The second kappa shape index (κ2) is 12.2. The summed E-state index contributed by atoms with van der Waals surface area (Å²) < 4.78 is 4.51. The van der Waals surface area contributed by atoms with Gasteiger partial charge in [-0.3, -0.25) is 5.32 Å². The minimum atomic E-state index is -0.289. The number of hydrogen-bond acceptors (Lipinski definition) is 3. The Hall–Kier alpha value is -1.76. The first kappa shape index (κ1) is 24.5. The number of rotatable bonds is 4. The number of H-pyrrole nitrogens is 1. The molecule has 30 heavy (non-hydrogen) atoms. The molecule has 0 aliphatic carbocycles. The molecule has 3 aromatic rings. The summed E-state index contributed by atoms with van der Waals surface area (Å²) in [6.45, 7) is 7.41. The van der Waals surface area contributed by atoms with Gasteiger partial charge in [-0.15, -0.1) is 0 Å². The third-order valence-corrected chi connectivity index (χ3v) is 5.83. The predicted octanol–water partition coefficient (Wildman–Crippen LogP) is 5.09. The number of carbonyl (C=O) groups excluding carboxylic acids is 1. The van der Waals surface area contributed by atoms with Gasteiger partial charge in [0, 0.05) is 6.54 Å². The number of pyridine rings is 1. The summed E-state index contributed by atoms with van der Waals surface area (Å²) in [4.78, 5) is 24.1. The van der Waals surface area contributed by atoms with Crippen molar-refractivity contribution in [3.63, 3.8) is 0 Å². The van der Waals surface area contributed by atoms with Gasteiger partial charge in [0.05, 0.1) is 11.0 Å². The Morgan fingerprint density at radius 1 is 1.33 bits per heavy atom. The molecule has 4 rings (SSSR count). The molecule has 8 heteroatoms. The summed E-state index contributed by atoms with van der Waals surface area (Å²) in [5.74, 6) is 0.406. The fourth-order valence-corrected chi connectivity index (χ4v) is 4.41. The molecule has 3 heterocycles. The number of nitrogens with zero attached hydrogens (tertiary/aromatic N) is 2. The number of hydrogen-bond donors (Lipinski definition) is 3. The van der Waals surface area contributed by atoms with Crippen molar-refractivity contribution in [3.8, 4) is 11.3 Å². The van der Waals surface area contributed by atoms with Crippen LogP contribution in [0.25, 0.3) is 27.9 Å². The number of fused-ring (bicyclic) bond motifs is 1. The van der Waals surface area contributed by atoms with Crippen molar-refractivity contribution in [1.29, 1.82) is 0 Å². The fraction of sp³-hybridized carbons (Fsp3) is 0.136. The van der Waals surface area contributed by atoms with E-state index in [1.807, 2.05) is 13.0 Å². The van der Waals surface area contributed by atoms with Gasteiger partial charge >= 0.3 is 37.1 Å². The Balaban J connectivity index is 0.00000104. The molecule has 2 aromatic heterocycles. The van der Waals surface area contributed by atoms with Crippen LogP contribution < -0.4 is 10.6 Å². The van der Waals surface area contributed by atoms with Crippen LogP contribution in [0.3, 0.4) is 0 Å². The molecule has 0 radical (unpaired) electrons. The minimum Gasteiger partial charge on any atom is -0.383 e. The zero-order valence-electron chi connectivity index (χ0n) is 16.8. The number of urea groups is 1. The van der Waals surface area contributed by atoms with Crippen molar-refractivity contribution in [2.24, 2.45) is 0 Å². The van der Waals surface area contributed by atoms with E-state index in [2.05, 4.69) is 71.0 Å². The maximum atomic E-state index is 11.8. The molecule has 2 amide bonds. The summed E-state index contributed by atoms with van der Waals surface area (Å²) >= 11 is -0.0586. The molecule has 0 fully saturated rings. The molecule has 1 aromatic carbocycles. The standard InChI is InChI=1S/C20H17IN5O.C2H5.U/c1-2-22-20(27)26-19-24-17-11-14(13-6-5-8-21-12-13)10-15(18(17)25-19)16-7-3-4-9-23-16;1-2;/h4-12H,2H2,1H3,(H3,22,24,25,26,27);1H2,2H3;/q2*-1;+2. The molecular weight excluding hydrogens is 715 g/mol. The van der Waals surface area contributed by atoms with E-state index < -0.39 is 0 Å². The number of amides is 2. The van der Waals surface area contributed by atoms with E-state index in [0.29, 0.717) is 12.5 Å². The number of imidazole rings is 1. The van der Waals surface area contributed by atoms with E-state index in [9.17, 15) is 4.79 Å². The molecule has 0 bridgehead atoms. The van der Waals surface area contributed by atoms with Crippen LogP contribution in [0.1, 0.15) is 19.4 Å². The van der Waals surface area contributed by atoms with E-state index in [1.54, 1.807) is 19.2 Å². The van der Waals surface area contributed by atoms with E-state index >= 15 is 0 Å². The second-order valence-electron chi connectivity index (χ2n) is 5.81. The quantitative estimate of drug-likeness (QED) is 0.258. The number of anilines is 1. The predicted molar refractivity (Wildman–Crippen MR) is 129 cm³/mol. The number of allylic oxidation sites excluding steroid dienone is 3. The molecule has 0 atom stereocenters. The largest absolute Gasteiger partial charge is 2.00 e. The Bertz CT molecular complexity index is 1090. The van der Waals surface area contributed by atoms with Crippen molar-refractivity contribution in [1.82, 2.24) is 20.3 Å². The Morgan fingerprint density at radius 2 is 2.17 bits per heavy atom. The summed E-state index contributed by atoms with van der Waals surface area (Å²) in [5, 5.41) is 5.44. The van der Waals surface area contributed by atoms with Gasteiger partial charge in [0.25, 0.3) is 0 Å². The Labute approximate surface area is 210 Å². The van der Waals surface area contributed by atoms with Crippen LogP contribution in [0.15, 0.2) is 46.7 Å². The smallest absolute Gasteiger partial charge is 0.383 e. The monoisotopic (exact) mass is 737 g/mol. The van der Waals surface area contributed by atoms with Crippen LogP contribution in [0, 0.1) is 44.1 Å². The van der Waals surface area contributed by atoms with Gasteiger partial charge < -0.3 is 22.2 Å². The molecule has 0 unspecified atom stereocenters. The molecule has 1 aliphatic rings. The van der Waals surface area contributed by atoms with Crippen molar-refractivity contribution >= 4 is 53.3 Å². The fourth-order valence-electron chi connectivity index (χ4n) is 2.81. The summed E-state index contributed by atoms with van der Waals surface area (Å²) in [7, 11) is 0. The SMILES string of the molecule is CCNC(=O)Nc1nc2c(-c3c[c-]ccn3)cc(C3=CC=CI=C3)cc2[nH]1.[CH2-]C.[U+2]. The normalized spacial score (nSPS) is 12.0. The topological polar surface area (TPSA) is 82.7 Å². The number of aromatic amines is 1. The van der Waals surface area contributed by atoms with Crippen molar-refractivity contribution in [2.45, 2.75) is 13.8 Å². The number of halogens is 1. The molecule has 0 spiro atoms. The maximum Gasteiger partial charge on any atom is 2.00 e. The number of nitrogens with one attached hydrogen (secondary N) is 3. The van der Waals surface area contributed by atoms with Gasteiger partial charge in [-0.25, -0.2) is 9.78 Å². The molecule has 3 N–H and O–H groups in total. The van der Waals surface area contributed by atoms with E-state index in [4.69, 9.17) is 0 Å². The summed E-state index contributed by atoms with van der Waals surface area (Å²) in [5.41, 5.74) is 5.60. The first-order valence-electron chi connectivity index (χ1n) is 9.19. The van der Waals surface area contributed by atoms with Gasteiger partial charge in [0.15, 0.2) is 0 Å². The molecule has 152 valence electrons. The van der Waals surface area contributed by atoms with Crippen molar-refractivity contribution < 1.29 is 35.9 Å². The third kappa shape index (κ3) is 5.90. The van der Waals surface area contributed by atoms with Crippen LogP contribution in [-0.2, 0) is 0 Å². The second-order valence-corrected chi connectivity index (χ2v) is 7.87. The van der Waals surface area contributed by atoms with Gasteiger partial charge in [-0.2, -0.15) is 25.1 Å². The van der Waals surface area contributed by atoms with E-state index in [-0.39, 0.29) is 57.9 Å².